The Morgan fingerprint density at radius 1 is 1.19 bits per heavy atom. The Bertz CT molecular complexity index is 526. The molecular weight excluding hydrogens is 262 g/mol. The van der Waals surface area contributed by atoms with Crippen molar-refractivity contribution in [1.82, 2.24) is 0 Å². The van der Waals surface area contributed by atoms with Crippen molar-refractivity contribution in [2.45, 2.75) is 39.5 Å². The normalized spacial score (nSPS) is 20.9. The van der Waals surface area contributed by atoms with Crippen molar-refractivity contribution in [1.29, 1.82) is 0 Å². The molecule has 0 amide bonds. The third-order valence-electron chi connectivity index (χ3n) is 4.00. The molecule has 3 nitrogen and oxygen atoms in total. The number of carbonyl (C=O) groups excluding carboxylic acids is 2. The van der Waals surface area contributed by atoms with Crippen molar-refractivity contribution in [3.05, 3.63) is 35.9 Å². The summed E-state index contributed by atoms with van der Waals surface area (Å²) in [6.07, 6.45) is 2.49. The van der Waals surface area contributed by atoms with E-state index in [4.69, 9.17) is 0 Å². The van der Waals surface area contributed by atoms with Crippen LogP contribution in [-0.4, -0.2) is 24.3 Å². The SMILES string of the molecule is C[C@@H](CN=CC1C(=O)CC(C)(C)CC1=O)c1ccccc1. The first-order valence-electron chi connectivity index (χ1n) is 7.49. The van der Waals surface area contributed by atoms with E-state index >= 15 is 0 Å². The van der Waals surface area contributed by atoms with Crippen molar-refractivity contribution < 1.29 is 9.59 Å². The fourth-order valence-electron chi connectivity index (χ4n) is 2.78. The number of hydrogen-bond donors (Lipinski definition) is 0. The Morgan fingerprint density at radius 2 is 1.76 bits per heavy atom. The van der Waals surface area contributed by atoms with Gasteiger partial charge in [-0.3, -0.25) is 14.6 Å². The van der Waals surface area contributed by atoms with E-state index < -0.39 is 5.92 Å². The van der Waals surface area contributed by atoms with Gasteiger partial charge in [0.2, 0.25) is 0 Å². The summed E-state index contributed by atoms with van der Waals surface area (Å²) in [6.45, 7) is 6.63. The number of Topliss-reactive ketones (excluding diaryl/α,β-unsaturated/α-hetero) is 2. The molecule has 1 aromatic rings. The van der Waals surface area contributed by atoms with Gasteiger partial charge in [0.25, 0.3) is 0 Å². The fraction of sp³-hybridized carbons (Fsp3) is 0.500. The lowest BCUT2D eigenvalue weighted by Gasteiger charge is -2.30. The highest BCUT2D eigenvalue weighted by molar-refractivity contribution is 6.16. The molecule has 0 heterocycles. The Kier molecular flexibility index (Phi) is 4.71. The van der Waals surface area contributed by atoms with Gasteiger partial charge in [0.15, 0.2) is 0 Å². The molecule has 1 fully saturated rings. The maximum absolute atomic E-state index is 12.1. The molecular formula is C18H23NO2. The zero-order valence-corrected chi connectivity index (χ0v) is 13.0. The zero-order chi connectivity index (χ0) is 15.5. The number of carbonyl (C=O) groups is 2. The van der Waals surface area contributed by atoms with Gasteiger partial charge in [0.1, 0.15) is 17.5 Å². The quantitative estimate of drug-likeness (QED) is 0.628. The van der Waals surface area contributed by atoms with E-state index in [2.05, 4.69) is 24.0 Å². The number of rotatable bonds is 4. The second-order valence-electron chi connectivity index (χ2n) is 6.75. The van der Waals surface area contributed by atoms with Crippen molar-refractivity contribution in [3.8, 4) is 0 Å². The molecule has 0 saturated heterocycles. The molecule has 0 bridgehead atoms. The molecule has 112 valence electrons. The molecule has 1 aromatic carbocycles. The van der Waals surface area contributed by atoms with Gasteiger partial charge in [-0.1, -0.05) is 51.1 Å². The van der Waals surface area contributed by atoms with Crippen molar-refractivity contribution in [2.24, 2.45) is 16.3 Å². The first-order valence-corrected chi connectivity index (χ1v) is 7.49. The number of aliphatic imine (C=N–C) groups is 1. The van der Waals surface area contributed by atoms with Crippen LogP contribution in [0.1, 0.15) is 45.1 Å². The molecule has 0 aliphatic heterocycles. The summed E-state index contributed by atoms with van der Waals surface area (Å²) in [5.74, 6) is -0.326. The Morgan fingerprint density at radius 3 is 2.33 bits per heavy atom. The van der Waals surface area contributed by atoms with Crippen LogP contribution in [0.25, 0.3) is 0 Å². The molecule has 21 heavy (non-hydrogen) atoms. The number of ketones is 2. The van der Waals surface area contributed by atoms with E-state index in [1.165, 1.54) is 5.56 Å². The van der Waals surface area contributed by atoms with E-state index in [-0.39, 0.29) is 22.9 Å². The molecule has 3 heteroatoms. The van der Waals surface area contributed by atoms with Gasteiger partial charge in [0, 0.05) is 31.5 Å². The number of benzene rings is 1. The molecule has 1 atom stereocenters. The predicted octanol–water partition coefficient (Wildman–Crippen LogP) is 3.44. The average molecular weight is 285 g/mol. The van der Waals surface area contributed by atoms with Crippen LogP contribution in [0.3, 0.4) is 0 Å². The number of hydrogen-bond acceptors (Lipinski definition) is 3. The summed E-state index contributed by atoms with van der Waals surface area (Å²) in [6, 6.07) is 10.1. The lowest BCUT2D eigenvalue weighted by molar-refractivity contribution is -0.136. The Hall–Kier alpha value is -1.77. The molecule has 0 aromatic heterocycles. The van der Waals surface area contributed by atoms with Crippen molar-refractivity contribution >= 4 is 17.8 Å². The second-order valence-corrected chi connectivity index (χ2v) is 6.75. The van der Waals surface area contributed by atoms with Crippen molar-refractivity contribution in [2.75, 3.05) is 6.54 Å². The summed E-state index contributed by atoms with van der Waals surface area (Å²) in [5.41, 5.74) is 1.02. The third-order valence-corrected chi connectivity index (χ3v) is 4.00. The van der Waals surface area contributed by atoms with Crippen LogP contribution in [0, 0.1) is 11.3 Å². The maximum atomic E-state index is 12.1. The van der Waals surface area contributed by atoms with Gasteiger partial charge < -0.3 is 0 Å². The smallest absolute Gasteiger partial charge is 0.149 e. The summed E-state index contributed by atoms with van der Waals surface area (Å²) in [5, 5.41) is 0. The molecule has 1 aliphatic carbocycles. The fourth-order valence-corrected chi connectivity index (χ4v) is 2.78. The van der Waals surface area contributed by atoms with Crippen LogP contribution in [0.2, 0.25) is 0 Å². The van der Waals surface area contributed by atoms with E-state index in [9.17, 15) is 9.59 Å². The largest absolute Gasteiger partial charge is 0.298 e. The topological polar surface area (TPSA) is 46.5 Å². The lowest BCUT2D eigenvalue weighted by Crippen LogP contribution is -2.38. The first-order chi connectivity index (χ1) is 9.89. The highest BCUT2D eigenvalue weighted by Crippen LogP contribution is 2.33. The van der Waals surface area contributed by atoms with Crippen LogP contribution in [0.4, 0.5) is 0 Å². The summed E-state index contributed by atoms with van der Waals surface area (Å²) >= 11 is 0. The van der Waals surface area contributed by atoms with Crippen LogP contribution in [-0.2, 0) is 9.59 Å². The first kappa shape index (κ1) is 15.6. The van der Waals surface area contributed by atoms with Gasteiger partial charge in [-0.25, -0.2) is 0 Å². The van der Waals surface area contributed by atoms with Crippen LogP contribution < -0.4 is 0 Å². The molecule has 0 spiro atoms. The van der Waals surface area contributed by atoms with Crippen LogP contribution >= 0.6 is 0 Å². The summed E-state index contributed by atoms with van der Waals surface area (Å²) in [7, 11) is 0. The minimum absolute atomic E-state index is 0.00682. The van der Waals surface area contributed by atoms with Gasteiger partial charge in [-0.05, 0) is 11.0 Å². The minimum atomic E-state index is -0.624. The average Bonchev–Trinajstić information content (AvgIpc) is 2.41. The summed E-state index contributed by atoms with van der Waals surface area (Å²) in [4.78, 5) is 28.5. The minimum Gasteiger partial charge on any atom is -0.298 e. The van der Waals surface area contributed by atoms with Crippen LogP contribution in [0.5, 0.6) is 0 Å². The monoisotopic (exact) mass is 285 g/mol. The molecule has 0 N–H and O–H groups in total. The number of nitrogens with zero attached hydrogens (tertiary/aromatic N) is 1. The summed E-state index contributed by atoms with van der Waals surface area (Å²) < 4.78 is 0. The van der Waals surface area contributed by atoms with E-state index in [1.54, 1.807) is 6.21 Å². The van der Waals surface area contributed by atoms with Crippen molar-refractivity contribution in [3.63, 3.8) is 0 Å². The molecule has 2 rings (SSSR count). The third kappa shape index (κ3) is 4.10. The Balaban J connectivity index is 1.95. The molecule has 0 unspecified atom stereocenters. The second kappa shape index (κ2) is 6.33. The molecule has 1 saturated carbocycles. The van der Waals surface area contributed by atoms with E-state index in [0.29, 0.717) is 19.4 Å². The van der Waals surface area contributed by atoms with Gasteiger partial charge in [0.05, 0.1) is 0 Å². The highest BCUT2D eigenvalue weighted by Gasteiger charge is 2.38. The van der Waals surface area contributed by atoms with E-state index in [1.807, 2.05) is 32.0 Å². The van der Waals surface area contributed by atoms with Gasteiger partial charge in [-0.2, -0.15) is 0 Å². The lowest BCUT2D eigenvalue weighted by atomic mass is 9.72. The predicted molar refractivity (Wildman–Crippen MR) is 84.7 cm³/mol. The zero-order valence-electron chi connectivity index (χ0n) is 13.0. The standard InChI is InChI=1S/C18H23NO2/c1-13(14-7-5-4-6-8-14)11-19-12-15-16(20)9-18(2,3)10-17(15)21/h4-8,12-13,15H,9-11H2,1-3H3/t13-/m0/s1. The maximum Gasteiger partial charge on any atom is 0.149 e. The molecule has 0 radical (unpaired) electrons. The molecule has 1 aliphatic rings. The Labute approximate surface area is 126 Å². The van der Waals surface area contributed by atoms with Gasteiger partial charge in [-0.15, -0.1) is 0 Å². The highest BCUT2D eigenvalue weighted by atomic mass is 16.2. The van der Waals surface area contributed by atoms with E-state index in [0.717, 1.165) is 0 Å². The van der Waals surface area contributed by atoms with Gasteiger partial charge >= 0.3 is 0 Å². The van der Waals surface area contributed by atoms with Crippen LogP contribution in [0.15, 0.2) is 35.3 Å².